The van der Waals surface area contributed by atoms with Gasteiger partial charge in [-0.2, -0.15) is 0 Å². The molecule has 0 aliphatic rings. The van der Waals surface area contributed by atoms with E-state index in [1.807, 2.05) is 6.08 Å². The fourth-order valence-corrected chi connectivity index (χ4v) is 1.07. The van der Waals surface area contributed by atoms with Crippen molar-refractivity contribution in [2.24, 2.45) is 0 Å². The quantitative estimate of drug-likeness (QED) is 0.316. The lowest BCUT2D eigenvalue weighted by atomic mass is 10.2. The maximum absolute atomic E-state index is 9.78. The van der Waals surface area contributed by atoms with Crippen molar-refractivity contribution in [3.8, 4) is 0 Å². The maximum atomic E-state index is 9.78. The van der Waals surface area contributed by atoms with Crippen LogP contribution < -0.4 is 0 Å². The predicted octanol–water partition coefficient (Wildman–Crippen LogP) is 3.57. The van der Waals surface area contributed by atoms with Crippen LogP contribution >= 0.6 is 0 Å². The minimum absolute atomic E-state index is 0.944. The molecule has 0 saturated heterocycles. The Hall–Kier alpha value is -0.850. The molecule has 0 aliphatic carbocycles. The topological polar surface area (TPSA) is 17.1 Å². The molecule has 1 heteroatoms. The Labute approximate surface area is 81.5 Å². The van der Waals surface area contributed by atoms with Gasteiger partial charge in [-0.3, -0.25) is 4.79 Å². The molecular formula is C12H19O. The van der Waals surface area contributed by atoms with E-state index in [1.54, 1.807) is 6.29 Å². The Morgan fingerprint density at radius 3 is 2.38 bits per heavy atom. The van der Waals surface area contributed by atoms with Crippen LogP contribution in [-0.2, 0) is 4.79 Å². The van der Waals surface area contributed by atoms with E-state index in [0.717, 1.165) is 12.8 Å². The summed E-state index contributed by atoms with van der Waals surface area (Å²) in [4.78, 5) is 9.78. The molecule has 0 unspecified atom stereocenters. The second kappa shape index (κ2) is 11.2. The van der Waals surface area contributed by atoms with Gasteiger partial charge >= 0.3 is 0 Å². The zero-order valence-corrected chi connectivity index (χ0v) is 8.46. The summed E-state index contributed by atoms with van der Waals surface area (Å²) in [6.45, 7) is 2.21. The van der Waals surface area contributed by atoms with E-state index in [0.29, 0.717) is 0 Å². The Kier molecular flexibility index (Phi) is 10.4. The summed E-state index contributed by atoms with van der Waals surface area (Å²) in [6.07, 6.45) is 16.5. The van der Waals surface area contributed by atoms with Crippen molar-refractivity contribution in [1.82, 2.24) is 0 Å². The number of carbonyl (C=O) groups excluding carboxylic acids is 1. The van der Waals surface area contributed by atoms with Gasteiger partial charge in [-0.05, 0) is 31.8 Å². The van der Waals surface area contributed by atoms with Crippen molar-refractivity contribution in [3.05, 3.63) is 24.3 Å². The summed E-state index contributed by atoms with van der Waals surface area (Å²) < 4.78 is 0. The van der Waals surface area contributed by atoms with Crippen molar-refractivity contribution < 1.29 is 4.79 Å². The molecule has 0 aromatic carbocycles. The van der Waals surface area contributed by atoms with E-state index in [-0.39, 0.29) is 0 Å². The lowest BCUT2D eigenvalue weighted by Gasteiger charge is -1.91. The zero-order valence-electron chi connectivity index (χ0n) is 8.46. The Balaban J connectivity index is 3.12. The summed E-state index contributed by atoms with van der Waals surface area (Å²) in [5.41, 5.74) is 0. The summed E-state index contributed by atoms with van der Waals surface area (Å²) in [7, 11) is 0. The molecular weight excluding hydrogens is 160 g/mol. The fourth-order valence-electron chi connectivity index (χ4n) is 1.07. The number of hydrogen-bond donors (Lipinski definition) is 0. The van der Waals surface area contributed by atoms with Crippen LogP contribution in [0.5, 0.6) is 0 Å². The van der Waals surface area contributed by atoms with Crippen LogP contribution in [-0.4, -0.2) is 6.29 Å². The van der Waals surface area contributed by atoms with Gasteiger partial charge in [-0.15, -0.1) is 0 Å². The monoisotopic (exact) mass is 179 g/mol. The van der Waals surface area contributed by atoms with Gasteiger partial charge < -0.3 is 0 Å². The molecule has 0 spiro atoms. The lowest BCUT2D eigenvalue weighted by Crippen LogP contribution is -1.71. The van der Waals surface area contributed by atoms with Crippen LogP contribution in [0, 0.1) is 0 Å². The van der Waals surface area contributed by atoms with Gasteiger partial charge in [0, 0.05) is 0 Å². The van der Waals surface area contributed by atoms with Crippen molar-refractivity contribution >= 4 is 6.29 Å². The normalized spacial score (nSPS) is 11.5. The highest BCUT2D eigenvalue weighted by Gasteiger charge is 1.81. The second-order valence-corrected chi connectivity index (χ2v) is 3.06. The first-order valence-corrected chi connectivity index (χ1v) is 5.09. The average Bonchev–Trinajstić information content (AvgIpc) is 2.16. The van der Waals surface area contributed by atoms with Gasteiger partial charge in [0.2, 0.25) is 6.29 Å². The average molecular weight is 179 g/mol. The van der Waals surface area contributed by atoms with Crippen LogP contribution in [0.2, 0.25) is 0 Å². The third kappa shape index (κ3) is 11.1. The molecule has 0 saturated carbocycles. The Morgan fingerprint density at radius 1 is 1.00 bits per heavy atom. The Bertz CT molecular complexity index is 157. The fraction of sp³-hybridized carbons (Fsp3) is 0.583. The molecule has 0 aromatic rings. The van der Waals surface area contributed by atoms with E-state index in [4.69, 9.17) is 0 Å². The van der Waals surface area contributed by atoms with Crippen molar-refractivity contribution in [2.75, 3.05) is 0 Å². The molecule has 0 atom stereocenters. The van der Waals surface area contributed by atoms with E-state index < -0.39 is 0 Å². The highest BCUT2D eigenvalue weighted by Crippen LogP contribution is 2.01. The van der Waals surface area contributed by atoms with Gasteiger partial charge in [-0.25, -0.2) is 0 Å². The molecule has 0 N–H and O–H groups in total. The van der Waals surface area contributed by atoms with E-state index >= 15 is 0 Å². The van der Waals surface area contributed by atoms with Crippen molar-refractivity contribution in [2.45, 2.75) is 45.4 Å². The molecule has 0 rings (SSSR count). The molecule has 0 fully saturated rings. The summed E-state index contributed by atoms with van der Waals surface area (Å²) in [6, 6.07) is 0. The minimum Gasteiger partial charge on any atom is -0.286 e. The molecule has 0 amide bonds. The van der Waals surface area contributed by atoms with Gasteiger partial charge in [-0.1, -0.05) is 38.0 Å². The number of unbranched alkanes of at least 4 members (excludes halogenated alkanes) is 4. The first-order chi connectivity index (χ1) is 6.41. The highest BCUT2D eigenvalue weighted by molar-refractivity contribution is 5.65. The minimum atomic E-state index is 0.944. The zero-order chi connectivity index (χ0) is 9.78. The number of allylic oxidation sites excluding steroid dienone is 4. The number of rotatable bonds is 8. The largest absolute Gasteiger partial charge is 0.286 e. The van der Waals surface area contributed by atoms with Gasteiger partial charge in [0.1, 0.15) is 0 Å². The third-order valence-corrected chi connectivity index (χ3v) is 1.83. The molecule has 0 bridgehead atoms. The van der Waals surface area contributed by atoms with E-state index in [1.165, 1.54) is 31.8 Å². The maximum Gasteiger partial charge on any atom is 0.225 e. The molecule has 0 aromatic heterocycles. The highest BCUT2D eigenvalue weighted by atomic mass is 16.1. The molecule has 73 valence electrons. The first kappa shape index (κ1) is 12.2. The molecule has 1 nitrogen and oxygen atoms in total. The van der Waals surface area contributed by atoms with E-state index in [2.05, 4.69) is 19.1 Å². The van der Waals surface area contributed by atoms with Crippen LogP contribution in [0.25, 0.3) is 0 Å². The van der Waals surface area contributed by atoms with Gasteiger partial charge in [0.05, 0.1) is 0 Å². The lowest BCUT2D eigenvalue weighted by molar-refractivity contribution is 0.564. The van der Waals surface area contributed by atoms with Crippen molar-refractivity contribution in [3.63, 3.8) is 0 Å². The summed E-state index contributed by atoms with van der Waals surface area (Å²) >= 11 is 0. The van der Waals surface area contributed by atoms with Crippen LogP contribution in [0.1, 0.15) is 45.4 Å². The molecule has 13 heavy (non-hydrogen) atoms. The van der Waals surface area contributed by atoms with Crippen LogP contribution in [0.3, 0.4) is 0 Å². The molecule has 0 aliphatic heterocycles. The van der Waals surface area contributed by atoms with Gasteiger partial charge in [0.15, 0.2) is 0 Å². The molecule has 1 radical (unpaired) electrons. The summed E-state index contributed by atoms with van der Waals surface area (Å²) in [5, 5.41) is 0. The molecule has 0 heterocycles. The third-order valence-electron chi connectivity index (χ3n) is 1.83. The summed E-state index contributed by atoms with van der Waals surface area (Å²) in [5.74, 6) is 0. The first-order valence-electron chi connectivity index (χ1n) is 5.09. The standard InChI is InChI=1S/C12H19O/c1-2-3-4-5-6-7-8-9-10-11-12-13/h6-7,10-11H,2-5,8-9H2,1H3. The van der Waals surface area contributed by atoms with Crippen LogP contribution in [0.15, 0.2) is 24.3 Å². The van der Waals surface area contributed by atoms with Gasteiger partial charge in [0.25, 0.3) is 0 Å². The smallest absolute Gasteiger partial charge is 0.225 e. The predicted molar refractivity (Wildman–Crippen MR) is 57.3 cm³/mol. The Morgan fingerprint density at radius 2 is 1.69 bits per heavy atom. The SMILES string of the molecule is CCCCCC=CCCC=C[C]=O. The number of hydrogen-bond acceptors (Lipinski definition) is 1. The van der Waals surface area contributed by atoms with Crippen molar-refractivity contribution in [1.29, 1.82) is 0 Å². The van der Waals surface area contributed by atoms with E-state index in [9.17, 15) is 4.79 Å². The second-order valence-electron chi connectivity index (χ2n) is 3.06. The van der Waals surface area contributed by atoms with Crippen LogP contribution in [0.4, 0.5) is 0 Å².